The van der Waals surface area contributed by atoms with Crippen molar-refractivity contribution in [1.82, 2.24) is 9.62 Å². The summed E-state index contributed by atoms with van der Waals surface area (Å²) in [4.78, 5) is 12.2. The number of hydrogen-bond acceptors (Lipinski definition) is 3. The van der Waals surface area contributed by atoms with E-state index in [9.17, 15) is 13.2 Å². The van der Waals surface area contributed by atoms with E-state index in [0.717, 1.165) is 18.4 Å². The first-order chi connectivity index (χ1) is 12.1. The minimum Gasteiger partial charge on any atom is -0.353 e. The lowest BCUT2D eigenvalue weighted by Crippen LogP contribution is -2.46. The predicted molar refractivity (Wildman–Crippen MR) is 105 cm³/mol. The molecule has 0 bridgehead atoms. The molecule has 0 unspecified atom stereocenters. The molecule has 0 saturated carbocycles. The van der Waals surface area contributed by atoms with E-state index in [0.29, 0.717) is 37.2 Å². The highest BCUT2D eigenvalue weighted by atomic mass is 32.2. The summed E-state index contributed by atoms with van der Waals surface area (Å²) in [5.74, 6) is 0.0749. The smallest absolute Gasteiger partial charge is 0.243 e. The topological polar surface area (TPSA) is 66.5 Å². The minimum absolute atomic E-state index is 0.00335. The molecule has 1 aliphatic rings. The van der Waals surface area contributed by atoms with Crippen LogP contribution in [0.25, 0.3) is 0 Å². The number of amides is 1. The van der Waals surface area contributed by atoms with Crippen molar-refractivity contribution in [3.63, 3.8) is 0 Å². The molecular formula is C20H32N2O3S. The van der Waals surface area contributed by atoms with Crippen molar-refractivity contribution in [1.29, 1.82) is 0 Å². The number of carbonyl (C=O) groups is 1. The van der Waals surface area contributed by atoms with Crippen LogP contribution >= 0.6 is 0 Å². The zero-order valence-electron chi connectivity index (χ0n) is 16.4. The second-order valence-corrected chi connectivity index (χ2v) is 10.1. The summed E-state index contributed by atoms with van der Waals surface area (Å²) in [5.41, 5.74) is 1.11. The number of piperidine rings is 1. The molecule has 5 nitrogen and oxygen atoms in total. The monoisotopic (exact) mass is 380 g/mol. The number of nitrogens with zero attached hydrogens (tertiary/aromatic N) is 1. The van der Waals surface area contributed by atoms with Gasteiger partial charge < -0.3 is 5.32 Å². The maximum Gasteiger partial charge on any atom is 0.243 e. The Morgan fingerprint density at radius 1 is 1.15 bits per heavy atom. The number of carbonyl (C=O) groups excluding carboxylic acids is 1. The van der Waals surface area contributed by atoms with E-state index >= 15 is 0 Å². The van der Waals surface area contributed by atoms with Crippen LogP contribution < -0.4 is 5.32 Å². The van der Waals surface area contributed by atoms with Gasteiger partial charge in [0.15, 0.2) is 0 Å². The fraction of sp³-hybridized carbons (Fsp3) is 0.650. The second kappa shape index (κ2) is 8.53. The van der Waals surface area contributed by atoms with Crippen LogP contribution in [0.3, 0.4) is 0 Å². The summed E-state index contributed by atoms with van der Waals surface area (Å²) in [7, 11) is -3.47. The predicted octanol–water partition coefficient (Wildman–Crippen LogP) is 3.44. The van der Waals surface area contributed by atoms with Crippen LogP contribution in [-0.4, -0.2) is 37.8 Å². The molecule has 0 aromatic heterocycles. The Balaban J connectivity index is 1.96. The average molecular weight is 381 g/mol. The quantitative estimate of drug-likeness (QED) is 0.822. The molecule has 0 spiro atoms. The van der Waals surface area contributed by atoms with Gasteiger partial charge in [0.1, 0.15) is 0 Å². The first-order valence-corrected chi connectivity index (χ1v) is 11.0. The van der Waals surface area contributed by atoms with Crippen molar-refractivity contribution in [2.75, 3.05) is 13.1 Å². The Bertz CT molecular complexity index is 698. The molecule has 1 fully saturated rings. The lowest BCUT2D eigenvalue weighted by atomic mass is 9.87. The maximum atomic E-state index is 12.9. The van der Waals surface area contributed by atoms with Crippen LogP contribution in [0.15, 0.2) is 29.2 Å². The fourth-order valence-corrected chi connectivity index (χ4v) is 4.62. The standard InChI is InChI=1S/C20H32N2O3S/c1-5-6-7-19(23)21-17-12-14-22(15-13-17)26(24,25)18-10-8-16(9-11-18)20(2,3)4/h8-11,17H,5-7,12-15H2,1-4H3,(H,21,23). The first-order valence-electron chi connectivity index (χ1n) is 9.54. The molecule has 1 aliphatic heterocycles. The van der Waals surface area contributed by atoms with E-state index in [-0.39, 0.29) is 17.4 Å². The van der Waals surface area contributed by atoms with E-state index in [1.165, 1.54) is 4.31 Å². The third kappa shape index (κ3) is 5.30. The number of hydrogen-bond donors (Lipinski definition) is 1. The number of benzene rings is 1. The molecule has 1 saturated heterocycles. The van der Waals surface area contributed by atoms with Gasteiger partial charge in [0, 0.05) is 25.6 Å². The lowest BCUT2D eigenvalue weighted by molar-refractivity contribution is -0.122. The van der Waals surface area contributed by atoms with E-state index in [4.69, 9.17) is 0 Å². The second-order valence-electron chi connectivity index (χ2n) is 8.12. The first kappa shape index (κ1) is 20.9. The Morgan fingerprint density at radius 2 is 1.73 bits per heavy atom. The van der Waals surface area contributed by atoms with Gasteiger partial charge in [-0.25, -0.2) is 8.42 Å². The number of nitrogens with one attached hydrogen (secondary N) is 1. The van der Waals surface area contributed by atoms with Crippen LogP contribution in [0.4, 0.5) is 0 Å². The van der Waals surface area contributed by atoms with Gasteiger partial charge in [-0.2, -0.15) is 4.31 Å². The molecule has 2 rings (SSSR count). The molecule has 26 heavy (non-hydrogen) atoms. The molecule has 6 heteroatoms. The van der Waals surface area contributed by atoms with Crippen molar-refractivity contribution in [3.8, 4) is 0 Å². The lowest BCUT2D eigenvalue weighted by Gasteiger charge is -2.31. The highest BCUT2D eigenvalue weighted by Gasteiger charge is 2.30. The number of unbranched alkanes of at least 4 members (excludes halogenated alkanes) is 1. The summed E-state index contributed by atoms with van der Waals surface area (Å²) in [5, 5.41) is 3.03. The Labute approximate surface area is 158 Å². The molecule has 0 atom stereocenters. The summed E-state index contributed by atoms with van der Waals surface area (Å²) in [6, 6.07) is 7.28. The van der Waals surface area contributed by atoms with E-state index < -0.39 is 10.0 Å². The van der Waals surface area contributed by atoms with Crippen molar-refractivity contribution < 1.29 is 13.2 Å². The van der Waals surface area contributed by atoms with Gasteiger partial charge in [0.05, 0.1) is 4.90 Å². The summed E-state index contributed by atoms with van der Waals surface area (Å²) in [6.45, 7) is 9.27. The van der Waals surface area contributed by atoms with Gasteiger partial charge in [0.2, 0.25) is 15.9 Å². The van der Waals surface area contributed by atoms with E-state index in [2.05, 4.69) is 33.0 Å². The molecule has 1 amide bonds. The maximum absolute atomic E-state index is 12.9. The third-order valence-electron chi connectivity index (χ3n) is 4.93. The van der Waals surface area contributed by atoms with Crippen molar-refractivity contribution >= 4 is 15.9 Å². The van der Waals surface area contributed by atoms with Crippen LogP contribution in [0.2, 0.25) is 0 Å². The molecule has 1 heterocycles. The van der Waals surface area contributed by atoms with Crippen LogP contribution in [-0.2, 0) is 20.2 Å². The SMILES string of the molecule is CCCCC(=O)NC1CCN(S(=O)(=O)c2ccc(C(C)(C)C)cc2)CC1. The summed E-state index contributed by atoms with van der Waals surface area (Å²) in [6.07, 6.45) is 3.77. The van der Waals surface area contributed by atoms with Gasteiger partial charge in [0.25, 0.3) is 0 Å². The van der Waals surface area contributed by atoms with Crippen molar-refractivity contribution in [2.45, 2.75) is 76.2 Å². The molecule has 0 aliphatic carbocycles. The van der Waals surface area contributed by atoms with Gasteiger partial charge in [-0.3, -0.25) is 4.79 Å². The molecule has 146 valence electrons. The normalized spacial score (nSPS) is 17.2. The molecule has 1 aromatic carbocycles. The molecule has 0 radical (unpaired) electrons. The molecule has 1 aromatic rings. The average Bonchev–Trinajstić information content (AvgIpc) is 2.60. The van der Waals surface area contributed by atoms with Gasteiger partial charge >= 0.3 is 0 Å². The summed E-state index contributed by atoms with van der Waals surface area (Å²) < 4.78 is 27.2. The zero-order valence-corrected chi connectivity index (χ0v) is 17.2. The van der Waals surface area contributed by atoms with Gasteiger partial charge in [-0.15, -0.1) is 0 Å². The van der Waals surface area contributed by atoms with Gasteiger partial charge in [-0.05, 0) is 42.4 Å². The largest absolute Gasteiger partial charge is 0.353 e. The Hall–Kier alpha value is -1.40. The van der Waals surface area contributed by atoms with Crippen LogP contribution in [0.1, 0.15) is 65.4 Å². The van der Waals surface area contributed by atoms with Gasteiger partial charge in [-0.1, -0.05) is 46.2 Å². The number of rotatable bonds is 6. The molecular weight excluding hydrogens is 348 g/mol. The third-order valence-corrected chi connectivity index (χ3v) is 6.85. The zero-order chi connectivity index (χ0) is 19.4. The van der Waals surface area contributed by atoms with E-state index in [1.54, 1.807) is 12.1 Å². The number of sulfonamides is 1. The van der Waals surface area contributed by atoms with E-state index in [1.807, 2.05) is 12.1 Å². The highest BCUT2D eigenvalue weighted by Crippen LogP contribution is 2.26. The highest BCUT2D eigenvalue weighted by molar-refractivity contribution is 7.89. The van der Waals surface area contributed by atoms with Crippen LogP contribution in [0, 0.1) is 0 Å². The minimum atomic E-state index is -3.47. The molecule has 1 N–H and O–H groups in total. The van der Waals surface area contributed by atoms with Crippen molar-refractivity contribution in [3.05, 3.63) is 29.8 Å². The Kier molecular flexibility index (Phi) is 6.86. The fourth-order valence-electron chi connectivity index (χ4n) is 3.15. The Morgan fingerprint density at radius 3 is 2.23 bits per heavy atom. The van der Waals surface area contributed by atoms with Crippen LogP contribution in [0.5, 0.6) is 0 Å². The summed E-state index contributed by atoms with van der Waals surface area (Å²) >= 11 is 0. The van der Waals surface area contributed by atoms with Crippen molar-refractivity contribution in [2.24, 2.45) is 0 Å².